The predicted molar refractivity (Wildman–Crippen MR) is 46.7 cm³/mol. The summed E-state index contributed by atoms with van der Waals surface area (Å²) in [6, 6.07) is 0. The van der Waals surface area contributed by atoms with Crippen molar-refractivity contribution in [2.75, 3.05) is 19.0 Å². The van der Waals surface area contributed by atoms with Crippen LogP contribution in [-0.4, -0.2) is 19.6 Å². The fourth-order valence-electron chi connectivity index (χ4n) is 0.993. The van der Waals surface area contributed by atoms with Crippen molar-refractivity contribution in [3.05, 3.63) is 29.1 Å². The first-order valence-corrected chi connectivity index (χ1v) is 4.22. The van der Waals surface area contributed by atoms with Gasteiger partial charge in [0.2, 0.25) is 5.82 Å². The highest BCUT2D eigenvalue weighted by Gasteiger charge is 2.25. The minimum absolute atomic E-state index is 0.727. The van der Waals surface area contributed by atoms with Crippen LogP contribution in [0.1, 0.15) is 0 Å². The summed E-state index contributed by atoms with van der Waals surface area (Å²) in [6.07, 6.45) is 0. The fraction of sp³-hybridized carbons (Fsp3) is 0.222. The lowest BCUT2D eigenvalue weighted by molar-refractivity contribution is -0.138. The van der Waals surface area contributed by atoms with Crippen LogP contribution in [0.15, 0.2) is 0 Å². The summed E-state index contributed by atoms with van der Waals surface area (Å²) in [6.45, 7) is -0.727. The minimum atomic E-state index is -2.26. The Morgan fingerprint density at radius 1 is 1.00 bits per heavy atom. The summed E-state index contributed by atoms with van der Waals surface area (Å²) in [7, 11) is 1.00. The van der Waals surface area contributed by atoms with E-state index in [9.17, 15) is 26.7 Å². The maximum absolute atomic E-state index is 13.0. The molecule has 0 aromatic heterocycles. The lowest BCUT2D eigenvalue weighted by Gasteiger charge is -2.09. The van der Waals surface area contributed by atoms with Gasteiger partial charge in [0, 0.05) is 0 Å². The van der Waals surface area contributed by atoms with Crippen molar-refractivity contribution in [1.82, 2.24) is 0 Å². The van der Waals surface area contributed by atoms with E-state index < -0.39 is 47.3 Å². The maximum atomic E-state index is 13.0. The molecule has 0 aliphatic carbocycles. The highest BCUT2D eigenvalue weighted by atomic mass is 19.2. The Morgan fingerprint density at radius 3 is 1.82 bits per heavy atom. The van der Waals surface area contributed by atoms with Crippen molar-refractivity contribution in [2.24, 2.45) is 0 Å². The van der Waals surface area contributed by atoms with E-state index in [1.54, 1.807) is 5.32 Å². The zero-order valence-corrected chi connectivity index (χ0v) is 8.41. The first-order chi connectivity index (χ1) is 7.90. The van der Waals surface area contributed by atoms with E-state index in [4.69, 9.17) is 0 Å². The zero-order valence-electron chi connectivity index (χ0n) is 8.41. The number of carbonyl (C=O) groups excluding carboxylic acids is 1. The van der Waals surface area contributed by atoms with E-state index in [0.717, 1.165) is 7.11 Å². The van der Waals surface area contributed by atoms with Crippen molar-refractivity contribution < 1.29 is 31.5 Å². The molecule has 17 heavy (non-hydrogen) atoms. The Labute approximate surface area is 92.2 Å². The predicted octanol–water partition coefficient (Wildman–Crippen LogP) is 1.97. The van der Waals surface area contributed by atoms with Crippen LogP contribution >= 0.6 is 0 Å². The number of hydrogen-bond donors (Lipinski definition) is 1. The number of methoxy groups -OCH3 is 1. The van der Waals surface area contributed by atoms with Gasteiger partial charge in [0.05, 0.1) is 7.11 Å². The Kier molecular flexibility index (Phi) is 3.87. The molecular formula is C9H6F5NO2. The molecule has 94 valence electrons. The van der Waals surface area contributed by atoms with Crippen LogP contribution < -0.4 is 5.32 Å². The molecule has 0 atom stereocenters. The fourth-order valence-corrected chi connectivity index (χ4v) is 0.993. The summed E-state index contributed by atoms with van der Waals surface area (Å²) in [5, 5.41) is 1.77. The molecule has 0 unspecified atom stereocenters. The largest absolute Gasteiger partial charge is 0.468 e. The van der Waals surface area contributed by atoms with Gasteiger partial charge < -0.3 is 10.1 Å². The van der Waals surface area contributed by atoms with Crippen LogP contribution in [0, 0.1) is 29.1 Å². The molecule has 0 saturated heterocycles. The first kappa shape index (κ1) is 13.2. The van der Waals surface area contributed by atoms with Crippen molar-refractivity contribution >= 4 is 11.7 Å². The number of nitrogens with one attached hydrogen (secondary N) is 1. The number of carbonyl (C=O) groups is 1. The van der Waals surface area contributed by atoms with Gasteiger partial charge in [0.15, 0.2) is 23.3 Å². The van der Waals surface area contributed by atoms with Crippen LogP contribution in [0.25, 0.3) is 0 Å². The van der Waals surface area contributed by atoms with Crippen molar-refractivity contribution in [2.45, 2.75) is 0 Å². The number of benzene rings is 1. The summed E-state index contributed by atoms with van der Waals surface area (Å²) in [4.78, 5) is 10.7. The van der Waals surface area contributed by atoms with E-state index in [0.29, 0.717) is 0 Å². The summed E-state index contributed by atoms with van der Waals surface area (Å²) < 4.78 is 68.2. The van der Waals surface area contributed by atoms with Crippen LogP contribution in [0.4, 0.5) is 27.6 Å². The van der Waals surface area contributed by atoms with Gasteiger partial charge in [0.25, 0.3) is 0 Å². The summed E-state index contributed by atoms with van der Waals surface area (Å²) in [5.41, 5.74) is -1.27. The molecule has 1 aromatic carbocycles. The van der Waals surface area contributed by atoms with E-state index in [-0.39, 0.29) is 0 Å². The number of hydrogen-bond acceptors (Lipinski definition) is 3. The van der Waals surface area contributed by atoms with Gasteiger partial charge in [-0.2, -0.15) is 0 Å². The smallest absolute Gasteiger partial charge is 0.325 e. The van der Waals surface area contributed by atoms with E-state index in [1.165, 1.54) is 0 Å². The molecule has 0 radical (unpaired) electrons. The second kappa shape index (κ2) is 4.98. The highest BCUT2D eigenvalue weighted by molar-refractivity contribution is 5.74. The molecular weight excluding hydrogens is 249 g/mol. The summed E-state index contributed by atoms with van der Waals surface area (Å²) in [5.74, 6) is -11.4. The second-order valence-electron chi connectivity index (χ2n) is 2.87. The normalized spacial score (nSPS) is 10.2. The molecule has 3 nitrogen and oxygen atoms in total. The van der Waals surface area contributed by atoms with E-state index in [2.05, 4.69) is 4.74 Å². The van der Waals surface area contributed by atoms with Crippen molar-refractivity contribution in [1.29, 1.82) is 0 Å². The van der Waals surface area contributed by atoms with Crippen molar-refractivity contribution in [3.8, 4) is 0 Å². The lowest BCUT2D eigenvalue weighted by atomic mass is 10.2. The molecule has 0 aliphatic rings. The third-order valence-electron chi connectivity index (χ3n) is 1.85. The summed E-state index contributed by atoms with van der Waals surface area (Å²) >= 11 is 0. The Bertz CT molecular complexity index is 434. The van der Waals surface area contributed by atoms with Gasteiger partial charge in [-0.1, -0.05) is 0 Å². The molecule has 0 spiro atoms. The monoisotopic (exact) mass is 255 g/mol. The standard InChI is InChI=1S/C9H6F5NO2/c1-17-3(16)2-15-9-7(13)5(11)4(10)6(12)8(9)14/h15H,2H2,1H3. The first-order valence-electron chi connectivity index (χ1n) is 4.22. The average Bonchev–Trinajstić information content (AvgIpc) is 2.33. The highest BCUT2D eigenvalue weighted by Crippen LogP contribution is 2.26. The number of rotatable bonds is 3. The van der Waals surface area contributed by atoms with Crippen LogP contribution in [-0.2, 0) is 9.53 Å². The molecule has 0 saturated carbocycles. The topological polar surface area (TPSA) is 38.3 Å². The molecule has 8 heteroatoms. The molecule has 1 aromatic rings. The SMILES string of the molecule is COC(=O)CNc1c(F)c(F)c(F)c(F)c1F. The Balaban J connectivity index is 3.12. The van der Waals surface area contributed by atoms with Gasteiger partial charge in [-0.05, 0) is 0 Å². The minimum Gasteiger partial charge on any atom is -0.468 e. The number of ether oxygens (including phenoxy) is 1. The van der Waals surface area contributed by atoms with E-state index in [1.807, 2.05) is 0 Å². The third kappa shape index (κ3) is 2.45. The van der Waals surface area contributed by atoms with Crippen LogP contribution in [0.5, 0.6) is 0 Å². The average molecular weight is 255 g/mol. The molecule has 0 fully saturated rings. The Morgan fingerprint density at radius 2 is 1.41 bits per heavy atom. The third-order valence-corrected chi connectivity index (χ3v) is 1.85. The lowest BCUT2D eigenvalue weighted by Crippen LogP contribution is -2.18. The zero-order chi connectivity index (χ0) is 13.2. The maximum Gasteiger partial charge on any atom is 0.325 e. The molecule has 0 aliphatic heterocycles. The van der Waals surface area contributed by atoms with Gasteiger partial charge in [-0.3, -0.25) is 4.79 Å². The molecule has 0 amide bonds. The van der Waals surface area contributed by atoms with Gasteiger partial charge in [-0.25, -0.2) is 22.0 Å². The van der Waals surface area contributed by atoms with Gasteiger partial charge in [0.1, 0.15) is 12.2 Å². The van der Waals surface area contributed by atoms with Crippen molar-refractivity contribution in [3.63, 3.8) is 0 Å². The number of esters is 1. The number of halogens is 5. The molecule has 0 heterocycles. The second-order valence-corrected chi connectivity index (χ2v) is 2.87. The van der Waals surface area contributed by atoms with E-state index >= 15 is 0 Å². The van der Waals surface area contributed by atoms with Gasteiger partial charge >= 0.3 is 5.97 Å². The number of anilines is 1. The van der Waals surface area contributed by atoms with Crippen LogP contribution in [0.2, 0.25) is 0 Å². The van der Waals surface area contributed by atoms with Crippen LogP contribution in [0.3, 0.4) is 0 Å². The quantitative estimate of drug-likeness (QED) is 0.388. The molecule has 1 rings (SSSR count). The molecule has 0 bridgehead atoms. The molecule has 1 N–H and O–H groups in total. The Hall–Kier alpha value is -1.86. The van der Waals surface area contributed by atoms with Gasteiger partial charge in [-0.15, -0.1) is 0 Å².